The van der Waals surface area contributed by atoms with Crippen molar-refractivity contribution < 1.29 is 9.90 Å². The molecule has 1 N–H and O–H groups in total. The van der Waals surface area contributed by atoms with E-state index in [1.165, 1.54) is 16.4 Å². The van der Waals surface area contributed by atoms with Crippen molar-refractivity contribution in [1.29, 1.82) is 0 Å². The van der Waals surface area contributed by atoms with Crippen LogP contribution in [0.15, 0.2) is 42.7 Å². The Hall–Kier alpha value is -2.96. The van der Waals surface area contributed by atoms with E-state index in [9.17, 15) is 9.90 Å². The summed E-state index contributed by atoms with van der Waals surface area (Å²) in [5, 5.41) is 21.6. The lowest BCUT2D eigenvalue weighted by atomic mass is 10.1. The quantitative estimate of drug-likeness (QED) is 0.778. The Morgan fingerprint density at radius 2 is 2.12 bits per heavy atom. The summed E-state index contributed by atoms with van der Waals surface area (Å²) in [6, 6.07) is 10.5. The summed E-state index contributed by atoms with van der Waals surface area (Å²) >= 11 is 0. The third kappa shape index (κ3) is 2.58. The van der Waals surface area contributed by atoms with Crippen LogP contribution in [0.3, 0.4) is 0 Å². The Morgan fingerprint density at radius 3 is 2.88 bits per heavy atom. The zero-order valence-corrected chi connectivity index (χ0v) is 13.2. The zero-order valence-electron chi connectivity index (χ0n) is 13.2. The van der Waals surface area contributed by atoms with Gasteiger partial charge in [-0.05, 0) is 23.8 Å². The van der Waals surface area contributed by atoms with Gasteiger partial charge in [0.2, 0.25) is 0 Å². The Balaban J connectivity index is 1.50. The number of carbonyl (C=O) groups is 1. The molecule has 0 aliphatic heterocycles. The lowest BCUT2D eigenvalue weighted by molar-refractivity contribution is 0.0686. The van der Waals surface area contributed by atoms with Crippen LogP contribution in [0.4, 0.5) is 0 Å². The Labute approximate surface area is 138 Å². The van der Waals surface area contributed by atoms with Gasteiger partial charge in [0.05, 0.1) is 18.0 Å². The molecular weight excluding hydrogens is 306 g/mol. The van der Waals surface area contributed by atoms with Crippen molar-refractivity contribution in [3.63, 3.8) is 0 Å². The van der Waals surface area contributed by atoms with E-state index in [1.807, 2.05) is 6.07 Å². The summed E-state index contributed by atoms with van der Waals surface area (Å²) in [6.07, 6.45) is 4.46. The molecule has 7 heteroatoms. The predicted octanol–water partition coefficient (Wildman–Crippen LogP) is 2.18. The lowest BCUT2D eigenvalue weighted by Gasteiger charge is -2.00. The van der Waals surface area contributed by atoms with Gasteiger partial charge in [0.25, 0.3) is 0 Å². The molecule has 4 rings (SSSR count). The number of carboxylic acids is 1. The second kappa shape index (κ2) is 5.59. The van der Waals surface area contributed by atoms with E-state index in [0.29, 0.717) is 23.1 Å². The number of aromatic nitrogens is 5. The lowest BCUT2D eigenvalue weighted by Crippen LogP contribution is -2.06. The number of benzene rings is 1. The minimum Gasteiger partial charge on any atom is -0.477 e. The van der Waals surface area contributed by atoms with Crippen molar-refractivity contribution in [2.75, 3.05) is 0 Å². The first-order valence-electron chi connectivity index (χ1n) is 7.84. The van der Waals surface area contributed by atoms with E-state index in [1.54, 1.807) is 17.9 Å². The van der Waals surface area contributed by atoms with Gasteiger partial charge in [0, 0.05) is 13.6 Å². The minimum atomic E-state index is -1.02. The maximum absolute atomic E-state index is 11.4. The molecule has 0 radical (unpaired) electrons. The van der Waals surface area contributed by atoms with Crippen LogP contribution in [0.2, 0.25) is 0 Å². The fraction of sp³-hybridized carbons (Fsp3) is 0.294. The molecule has 7 nitrogen and oxygen atoms in total. The van der Waals surface area contributed by atoms with E-state index >= 15 is 0 Å². The number of hydrogen-bond acceptors (Lipinski definition) is 4. The number of aryl methyl sites for hydroxylation is 1. The van der Waals surface area contributed by atoms with E-state index in [-0.39, 0.29) is 5.69 Å². The van der Waals surface area contributed by atoms with Crippen molar-refractivity contribution in [1.82, 2.24) is 24.8 Å². The van der Waals surface area contributed by atoms with Gasteiger partial charge >= 0.3 is 5.97 Å². The monoisotopic (exact) mass is 323 g/mol. The molecule has 3 aromatic rings. The maximum atomic E-state index is 11.4. The van der Waals surface area contributed by atoms with E-state index in [0.717, 1.165) is 13.0 Å². The number of nitrogens with zero attached hydrogens (tertiary/aromatic N) is 5. The second-order valence-electron chi connectivity index (χ2n) is 6.17. The fourth-order valence-corrected chi connectivity index (χ4v) is 3.19. The molecule has 0 bridgehead atoms. The molecule has 0 amide bonds. The van der Waals surface area contributed by atoms with Gasteiger partial charge in [-0.15, -0.1) is 5.10 Å². The van der Waals surface area contributed by atoms with Crippen LogP contribution in [0.1, 0.15) is 28.4 Å². The number of aromatic carboxylic acids is 1. The smallest absolute Gasteiger partial charge is 0.354 e. The fourth-order valence-electron chi connectivity index (χ4n) is 3.19. The molecule has 2 heterocycles. The SMILES string of the molecule is Cn1ncc(-c2cn(C[C@@H]3C[C@H]3c3ccccc3)nn2)c1C(=O)O. The summed E-state index contributed by atoms with van der Waals surface area (Å²) in [6.45, 7) is 0.787. The average molecular weight is 323 g/mol. The van der Waals surface area contributed by atoms with Gasteiger partial charge in [-0.2, -0.15) is 5.10 Å². The highest BCUT2D eigenvalue weighted by molar-refractivity contribution is 5.93. The highest BCUT2D eigenvalue weighted by Gasteiger charge is 2.38. The molecule has 24 heavy (non-hydrogen) atoms. The largest absolute Gasteiger partial charge is 0.477 e. The molecule has 1 fully saturated rings. The maximum Gasteiger partial charge on any atom is 0.354 e. The second-order valence-corrected chi connectivity index (χ2v) is 6.17. The standard InChI is InChI=1S/C17H17N5O2/c1-21-16(17(23)24)14(8-18-21)15-10-22(20-19-15)9-12-7-13(12)11-5-3-2-4-6-11/h2-6,8,10,12-13H,7,9H2,1H3,(H,23,24)/t12-,13-/m0/s1. The summed E-state index contributed by atoms with van der Waals surface area (Å²) in [5.74, 6) is 0.104. The van der Waals surface area contributed by atoms with E-state index < -0.39 is 5.97 Å². The minimum absolute atomic E-state index is 0.121. The molecule has 1 aromatic carbocycles. The summed E-state index contributed by atoms with van der Waals surface area (Å²) in [5.41, 5.74) is 2.52. The van der Waals surface area contributed by atoms with Crippen molar-refractivity contribution >= 4 is 5.97 Å². The van der Waals surface area contributed by atoms with Gasteiger partial charge in [-0.25, -0.2) is 4.79 Å². The van der Waals surface area contributed by atoms with Crippen LogP contribution in [-0.4, -0.2) is 35.9 Å². The van der Waals surface area contributed by atoms with Gasteiger partial charge in [-0.1, -0.05) is 35.5 Å². The highest BCUT2D eigenvalue weighted by atomic mass is 16.4. The Morgan fingerprint density at radius 1 is 1.33 bits per heavy atom. The van der Waals surface area contributed by atoms with Crippen LogP contribution in [0, 0.1) is 5.92 Å². The topological polar surface area (TPSA) is 85.8 Å². The molecule has 122 valence electrons. The van der Waals surface area contributed by atoms with Crippen LogP contribution in [-0.2, 0) is 13.6 Å². The average Bonchev–Trinajstić information content (AvgIpc) is 2.99. The van der Waals surface area contributed by atoms with E-state index in [2.05, 4.69) is 39.7 Å². The highest BCUT2D eigenvalue weighted by Crippen LogP contribution is 2.48. The van der Waals surface area contributed by atoms with Gasteiger partial charge < -0.3 is 5.11 Å². The molecular formula is C17H17N5O2. The van der Waals surface area contributed by atoms with Crippen molar-refractivity contribution in [3.8, 4) is 11.3 Å². The molecule has 1 saturated carbocycles. The van der Waals surface area contributed by atoms with Crippen molar-refractivity contribution in [3.05, 3.63) is 54.0 Å². The third-order valence-corrected chi connectivity index (χ3v) is 4.53. The Kier molecular flexibility index (Phi) is 3.41. The molecule has 2 atom stereocenters. The molecule has 0 unspecified atom stereocenters. The van der Waals surface area contributed by atoms with Crippen LogP contribution in [0.25, 0.3) is 11.3 Å². The molecule has 2 aromatic heterocycles. The van der Waals surface area contributed by atoms with Gasteiger partial charge in [-0.3, -0.25) is 9.36 Å². The first-order chi connectivity index (χ1) is 11.6. The van der Waals surface area contributed by atoms with Crippen molar-refractivity contribution in [2.24, 2.45) is 13.0 Å². The normalized spacial score (nSPS) is 19.4. The van der Waals surface area contributed by atoms with Crippen LogP contribution in [0.5, 0.6) is 0 Å². The zero-order chi connectivity index (χ0) is 16.7. The van der Waals surface area contributed by atoms with Gasteiger partial charge in [0.15, 0.2) is 5.69 Å². The van der Waals surface area contributed by atoms with Crippen LogP contribution >= 0.6 is 0 Å². The number of rotatable bonds is 5. The molecule has 0 spiro atoms. The molecule has 1 aliphatic rings. The van der Waals surface area contributed by atoms with Crippen LogP contribution < -0.4 is 0 Å². The summed E-state index contributed by atoms with van der Waals surface area (Å²) < 4.78 is 3.13. The predicted molar refractivity (Wildman–Crippen MR) is 86.5 cm³/mol. The Bertz CT molecular complexity index is 884. The van der Waals surface area contributed by atoms with E-state index in [4.69, 9.17) is 0 Å². The van der Waals surface area contributed by atoms with Gasteiger partial charge in [0.1, 0.15) is 5.69 Å². The number of hydrogen-bond donors (Lipinski definition) is 1. The first-order valence-corrected chi connectivity index (χ1v) is 7.84. The van der Waals surface area contributed by atoms with Crippen molar-refractivity contribution in [2.45, 2.75) is 18.9 Å². The summed E-state index contributed by atoms with van der Waals surface area (Å²) in [4.78, 5) is 11.4. The molecule has 1 aliphatic carbocycles. The number of carboxylic acid groups (broad SMARTS) is 1. The summed E-state index contributed by atoms with van der Waals surface area (Å²) in [7, 11) is 1.60. The first kappa shape index (κ1) is 14.6. The third-order valence-electron chi connectivity index (χ3n) is 4.53. The molecule has 0 saturated heterocycles.